The van der Waals surface area contributed by atoms with Crippen LogP contribution in [0.4, 0.5) is 4.39 Å². The van der Waals surface area contributed by atoms with Gasteiger partial charge in [0.15, 0.2) is 0 Å². The molecule has 0 radical (unpaired) electrons. The van der Waals surface area contributed by atoms with Crippen LogP contribution in [0.5, 0.6) is 0 Å². The van der Waals surface area contributed by atoms with Gasteiger partial charge in [0.1, 0.15) is 5.82 Å². The van der Waals surface area contributed by atoms with E-state index in [2.05, 4.69) is 4.98 Å². The maximum absolute atomic E-state index is 13.7. The van der Waals surface area contributed by atoms with Gasteiger partial charge in [-0.25, -0.2) is 20.0 Å². The Hall–Kier alpha value is -2.25. The highest BCUT2D eigenvalue weighted by Crippen LogP contribution is 2.12. The SMILES string of the molecule is NNC(=O)c1ccc(F)c(Cn2cc(Cl)cnc2=O)c1. The Morgan fingerprint density at radius 3 is 2.95 bits per heavy atom. The van der Waals surface area contributed by atoms with E-state index in [4.69, 9.17) is 17.4 Å². The number of hydrogen-bond donors (Lipinski definition) is 2. The van der Waals surface area contributed by atoms with Gasteiger partial charge in [-0.3, -0.25) is 14.8 Å². The Morgan fingerprint density at radius 1 is 1.50 bits per heavy atom. The monoisotopic (exact) mass is 296 g/mol. The molecule has 0 atom stereocenters. The van der Waals surface area contributed by atoms with Gasteiger partial charge in [0, 0.05) is 17.3 Å². The van der Waals surface area contributed by atoms with Crippen molar-refractivity contribution >= 4 is 17.5 Å². The summed E-state index contributed by atoms with van der Waals surface area (Å²) in [5.41, 5.74) is 1.72. The molecule has 1 aromatic carbocycles. The normalized spacial score (nSPS) is 10.3. The molecule has 1 amide bonds. The number of carbonyl (C=O) groups excluding carboxylic acids is 1. The smallest absolute Gasteiger partial charge is 0.293 e. The maximum Gasteiger partial charge on any atom is 0.347 e. The van der Waals surface area contributed by atoms with Crippen LogP contribution in [0.15, 0.2) is 35.4 Å². The third-order valence-electron chi connectivity index (χ3n) is 2.60. The van der Waals surface area contributed by atoms with Crippen molar-refractivity contribution in [1.29, 1.82) is 0 Å². The molecule has 1 heterocycles. The Kier molecular flexibility index (Phi) is 4.11. The molecule has 1 aromatic heterocycles. The summed E-state index contributed by atoms with van der Waals surface area (Å²) in [6, 6.07) is 3.73. The van der Waals surface area contributed by atoms with Crippen LogP contribution in [0.1, 0.15) is 15.9 Å². The highest BCUT2D eigenvalue weighted by atomic mass is 35.5. The molecular weight excluding hydrogens is 287 g/mol. The van der Waals surface area contributed by atoms with Crippen molar-refractivity contribution in [1.82, 2.24) is 15.0 Å². The van der Waals surface area contributed by atoms with E-state index < -0.39 is 17.4 Å². The molecule has 0 aliphatic rings. The molecule has 0 fully saturated rings. The van der Waals surface area contributed by atoms with Gasteiger partial charge in [-0.1, -0.05) is 11.6 Å². The van der Waals surface area contributed by atoms with E-state index in [1.165, 1.54) is 24.5 Å². The second-order valence-corrected chi connectivity index (χ2v) is 4.40. The number of benzene rings is 1. The minimum absolute atomic E-state index is 0.0933. The van der Waals surface area contributed by atoms with Crippen molar-refractivity contribution in [3.63, 3.8) is 0 Å². The van der Waals surface area contributed by atoms with E-state index in [1.807, 2.05) is 5.43 Å². The first-order valence-corrected chi connectivity index (χ1v) is 5.90. The van der Waals surface area contributed by atoms with Crippen molar-refractivity contribution < 1.29 is 9.18 Å². The Labute approximate surface area is 118 Å². The van der Waals surface area contributed by atoms with Crippen molar-refractivity contribution in [2.45, 2.75) is 6.54 Å². The van der Waals surface area contributed by atoms with Gasteiger partial charge in [0.2, 0.25) is 0 Å². The standard InChI is InChI=1S/C12H10ClFN4O2/c13-9-4-16-12(20)18(6-9)5-8-3-7(11(19)17-15)1-2-10(8)14/h1-4,6H,5,15H2,(H,17,19). The van der Waals surface area contributed by atoms with Gasteiger partial charge < -0.3 is 0 Å². The van der Waals surface area contributed by atoms with Crippen LogP contribution in [0.2, 0.25) is 5.02 Å². The number of aromatic nitrogens is 2. The average molecular weight is 297 g/mol. The first kappa shape index (κ1) is 14.2. The number of nitrogen functional groups attached to an aromatic ring is 1. The van der Waals surface area contributed by atoms with Crippen LogP contribution in [0.3, 0.4) is 0 Å². The van der Waals surface area contributed by atoms with Crippen molar-refractivity contribution in [2.75, 3.05) is 0 Å². The Balaban J connectivity index is 2.40. The minimum Gasteiger partial charge on any atom is -0.293 e. The molecule has 3 N–H and O–H groups in total. The van der Waals surface area contributed by atoms with Crippen LogP contribution in [0.25, 0.3) is 0 Å². The highest BCUT2D eigenvalue weighted by Gasteiger charge is 2.10. The lowest BCUT2D eigenvalue weighted by Gasteiger charge is -2.08. The summed E-state index contributed by atoms with van der Waals surface area (Å²) in [6.07, 6.45) is 2.54. The zero-order valence-electron chi connectivity index (χ0n) is 10.1. The molecule has 0 saturated heterocycles. The number of hydrazine groups is 1. The van der Waals surface area contributed by atoms with Gasteiger partial charge in [-0.05, 0) is 18.2 Å². The summed E-state index contributed by atoms with van der Waals surface area (Å²) in [4.78, 5) is 26.5. The first-order valence-electron chi connectivity index (χ1n) is 5.52. The van der Waals surface area contributed by atoms with Gasteiger partial charge in [0.05, 0.1) is 17.8 Å². The fourth-order valence-electron chi connectivity index (χ4n) is 1.65. The largest absolute Gasteiger partial charge is 0.347 e. The van der Waals surface area contributed by atoms with Gasteiger partial charge >= 0.3 is 5.69 Å². The van der Waals surface area contributed by atoms with Crippen LogP contribution in [-0.4, -0.2) is 15.5 Å². The molecular formula is C12H10ClFN4O2. The van der Waals surface area contributed by atoms with Gasteiger partial charge in [-0.2, -0.15) is 0 Å². The van der Waals surface area contributed by atoms with Gasteiger partial charge in [0.25, 0.3) is 5.91 Å². The molecule has 6 nitrogen and oxygen atoms in total. The molecule has 0 aliphatic heterocycles. The molecule has 2 aromatic rings. The number of halogens is 2. The van der Waals surface area contributed by atoms with Crippen molar-refractivity contribution in [3.8, 4) is 0 Å². The summed E-state index contributed by atoms with van der Waals surface area (Å²) < 4.78 is 14.9. The lowest BCUT2D eigenvalue weighted by Crippen LogP contribution is -2.30. The number of nitrogens with one attached hydrogen (secondary N) is 1. The summed E-state index contributed by atoms with van der Waals surface area (Å²) in [7, 11) is 0. The van der Waals surface area contributed by atoms with E-state index in [0.29, 0.717) is 0 Å². The second-order valence-electron chi connectivity index (χ2n) is 3.96. The summed E-state index contributed by atoms with van der Waals surface area (Å²) in [5, 5.41) is 0.251. The molecule has 0 unspecified atom stereocenters. The van der Waals surface area contributed by atoms with E-state index >= 15 is 0 Å². The number of nitrogens with zero attached hydrogens (tertiary/aromatic N) is 2. The molecule has 0 spiro atoms. The summed E-state index contributed by atoms with van der Waals surface area (Å²) in [5.74, 6) is 3.91. The third-order valence-corrected chi connectivity index (χ3v) is 2.80. The first-order chi connectivity index (χ1) is 9.51. The number of hydrogen-bond acceptors (Lipinski definition) is 4. The molecule has 104 valence electrons. The lowest BCUT2D eigenvalue weighted by molar-refractivity contribution is 0.0953. The molecule has 2 rings (SSSR count). The fourth-order valence-corrected chi connectivity index (χ4v) is 1.81. The molecule has 0 aliphatic carbocycles. The van der Waals surface area contributed by atoms with E-state index in [0.717, 1.165) is 10.6 Å². The summed E-state index contributed by atoms with van der Waals surface area (Å²) >= 11 is 5.73. The molecule has 20 heavy (non-hydrogen) atoms. The number of carbonyl (C=O) groups is 1. The van der Waals surface area contributed by atoms with E-state index in [1.54, 1.807) is 0 Å². The van der Waals surface area contributed by atoms with E-state index in [-0.39, 0.29) is 22.7 Å². The molecule has 0 bridgehead atoms. The number of amides is 1. The lowest BCUT2D eigenvalue weighted by atomic mass is 10.1. The highest BCUT2D eigenvalue weighted by molar-refractivity contribution is 6.30. The Morgan fingerprint density at radius 2 is 2.25 bits per heavy atom. The quantitative estimate of drug-likeness (QED) is 0.495. The zero-order chi connectivity index (χ0) is 14.7. The third kappa shape index (κ3) is 3.01. The van der Waals surface area contributed by atoms with Gasteiger partial charge in [-0.15, -0.1) is 0 Å². The topological polar surface area (TPSA) is 90.0 Å². The fraction of sp³-hybridized carbons (Fsp3) is 0.0833. The minimum atomic E-state index is -0.567. The van der Waals surface area contributed by atoms with Crippen LogP contribution in [0, 0.1) is 5.82 Å². The van der Waals surface area contributed by atoms with Crippen molar-refractivity contribution in [3.05, 3.63) is 63.0 Å². The average Bonchev–Trinajstić information content (AvgIpc) is 2.44. The zero-order valence-corrected chi connectivity index (χ0v) is 10.9. The number of rotatable bonds is 3. The predicted molar refractivity (Wildman–Crippen MR) is 70.7 cm³/mol. The molecule has 8 heteroatoms. The second kappa shape index (κ2) is 5.81. The predicted octanol–water partition coefficient (Wildman–Crippen LogP) is 0.688. The van der Waals surface area contributed by atoms with Crippen LogP contribution in [-0.2, 0) is 6.54 Å². The Bertz CT molecular complexity index is 717. The maximum atomic E-state index is 13.7. The number of nitrogens with two attached hydrogens (primary N) is 1. The van der Waals surface area contributed by atoms with Crippen molar-refractivity contribution in [2.24, 2.45) is 5.84 Å². The van der Waals surface area contributed by atoms with E-state index in [9.17, 15) is 14.0 Å². The molecule has 0 saturated carbocycles. The summed E-state index contributed by atoms with van der Waals surface area (Å²) in [6.45, 7) is -0.0933. The van der Waals surface area contributed by atoms with Crippen LogP contribution >= 0.6 is 11.6 Å². The van der Waals surface area contributed by atoms with Crippen LogP contribution < -0.4 is 17.0 Å².